The topological polar surface area (TPSA) is 105 Å². The minimum absolute atomic E-state index is 0.121. The van der Waals surface area contributed by atoms with Gasteiger partial charge in [-0.25, -0.2) is 4.79 Å². The molecule has 148 valence electrons. The van der Waals surface area contributed by atoms with Gasteiger partial charge in [0.2, 0.25) is 11.8 Å². The maximum Gasteiger partial charge on any atom is 0.341 e. The Labute approximate surface area is 163 Å². The number of nitrogens with one attached hydrogen (secondary N) is 2. The molecule has 1 unspecified atom stereocenters. The molecule has 0 heterocycles. The number of aliphatic carboxylic acids is 1. The fraction of sp³-hybridized carbons (Fsp3) is 0.286. The fourth-order valence-corrected chi connectivity index (χ4v) is 2.55. The van der Waals surface area contributed by atoms with E-state index < -0.39 is 12.6 Å². The first-order valence-corrected chi connectivity index (χ1v) is 8.98. The Morgan fingerprint density at radius 2 is 1.68 bits per heavy atom. The van der Waals surface area contributed by atoms with Crippen molar-refractivity contribution < 1.29 is 24.2 Å². The van der Waals surface area contributed by atoms with E-state index in [9.17, 15) is 14.4 Å². The highest BCUT2D eigenvalue weighted by atomic mass is 16.5. The number of benzene rings is 2. The largest absolute Gasteiger partial charge is 0.482 e. The van der Waals surface area contributed by atoms with Gasteiger partial charge < -0.3 is 20.5 Å². The zero-order valence-corrected chi connectivity index (χ0v) is 15.7. The number of amides is 2. The minimum atomic E-state index is -1.04. The summed E-state index contributed by atoms with van der Waals surface area (Å²) in [6.07, 6.45) is 0.472. The van der Waals surface area contributed by atoms with Gasteiger partial charge in [-0.1, -0.05) is 42.5 Å². The van der Waals surface area contributed by atoms with Gasteiger partial charge in [0.15, 0.2) is 6.61 Å². The van der Waals surface area contributed by atoms with Crippen LogP contribution in [0, 0.1) is 0 Å². The van der Waals surface area contributed by atoms with Crippen LogP contribution >= 0.6 is 0 Å². The van der Waals surface area contributed by atoms with E-state index in [1.807, 2.05) is 37.3 Å². The van der Waals surface area contributed by atoms with Gasteiger partial charge in [0, 0.05) is 13.0 Å². The summed E-state index contributed by atoms with van der Waals surface area (Å²) in [6, 6.07) is 16.0. The van der Waals surface area contributed by atoms with Crippen molar-refractivity contribution in [3.63, 3.8) is 0 Å². The highest BCUT2D eigenvalue weighted by Gasteiger charge is 2.11. The molecule has 0 bridgehead atoms. The summed E-state index contributed by atoms with van der Waals surface area (Å²) in [5.41, 5.74) is 1.79. The zero-order chi connectivity index (χ0) is 20.4. The second kappa shape index (κ2) is 10.7. The molecule has 7 heteroatoms. The predicted molar refractivity (Wildman–Crippen MR) is 104 cm³/mol. The van der Waals surface area contributed by atoms with E-state index in [0.29, 0.717) is 5.75 Å². The van der Waals surface area contributed by atoms with Gasteiger partial charge >= 0.3 is 5.97 Å². The SMILES string of the molecule is CC(NC(=O)CCNC(=O)Cc1ccccc1)c1ccc(OCC(=O)O)cc1. The molecule has 2 rings (SSSR count). The number of rotatable bonds is 10. The molecule has 0 saturated heterocycles. The van der Waals surface area contributed by atoms with Gasteiger partial charge in [0.05, 0.1) is 12.5 Å². The van der Waals surface area contributed by atoms with Crippen LogP contribution in [0.15, 0.2) is 54.6 Å². The van der Waals surface area contributed by atoms with Gasteiger partial charge in [-0.2, -0.15) is 0 Å². The summed E-state index contributed by atoms with van der Waals surface area (Å²) in [7, 11) is 0. The Morgan fingerprint density at radius 3 is 2.32 bits per heavy atom. The van der Waals surface area contributed by atoms with Crippen molar-refractivity contribution in [3.05, 3.63) is 65.7 Å². The summed E-state index contributed by atoms with van der Waals surface area (Å²) < 4.78 is 5.07. The van der Waals surface area contributed by atoms with Gasteiger partial charge in [0.1, 0.15) is 5.75 Å². The van der Waals surface area contributed by atoms with Crippen LogP contribution in [0.1, 0.15) is 30.5 Å². The predicted octanol–water partition coefficient (Wildman–Crippen LogP) is 2.08. The molecule has 28 heavy (non-hydrogen) atoms. The van der Waals surface area contributed by atoms with E-state index in [-0.39, 0.29) is 37.2 Å². The first-order chi connectivity index (χ1) is 13.4. The lowest BCUT2D eigenvalue weighted by atomic mass is 10.1. The number of carbonyl (C=O) groups is 3. The normalized spacial score (nSPS) is 11.3. The van der Waals surface area contributed by atoms with Gasteiger partial charge in [0.25, 0.3) is 0 Å². The monoisotopic (exact) mass is 384 g/mol. The molecule has 1 atom stereocenters. The molecular weight excluding hydrogens is 360 g/mol. The molecule has 0 spiro atoms. The van der Waals surface area contributed by atoms with Gasteiger partial charge in [-0.05, 0) is 30.2 Å². The zero-order valence-electron chi connectivity index (χ0n) is 15.7. The van der Waals surface area contributed by atoms with Crippen LogP contribution in [0.3, 0.4) is 0 Å². The lowest BCUT2D eigenvalue weighted by Crippen LogP contribution is -2.32. The summed E-state index contributed by atoms with van der Waals surface area (Å²) in [5.74, 6) is -0.880. The molecule has 0 aliphatic heterocycles. The van der Waals surface area contributed by atoms with Crippen LogP contribution in [0.4, 0.5) is 0 Å². The Kier molecular flexibility index (Phi) is 8.02. The Balaban J connectivity index is 1.70. The molecule has 0 aliphatic carbocycles. The highest BCUT2D eigenvalue weighted by Crippen LogP contribution is 2.17. The lowest BCUT2D eigenvalue weighted by Gasteiger charge is -2.15. The van der Waals surface area contributed by atoms with E-state index in [1.165, 1.54) is 0 Å². The first kappa shape index (κ1) is 21.0. The summed E-state index contributed by atoms with van der Waals surface area (Å²) in [6.45, 7) is 1.72. The highest BCUT2D eigenvalue weighted by molar-refractivity contribution is 5.80. The smallest absolute Gasteiger partial charge is 0.341 e. The van der Waals surface area contributed by atoms with Crippen LogP contribution in [0.2, 0.25) is 0 Å². The van der Waals surface area contributed by atoms with E-state index in [2.05, 4.69) is 10.6 Å². The average Bonchev–Trinajstić information content (AvgIpc) is 2.67. The Bertz CT molecular complexity index is 790. The average molecular weight is 384 g/mol. The van der Waals surface area contributed by atoms with Crippen molar-refractivity contribution in [1.82, 2.24) is 10.6 Å². The lowest BCUT2D eigenvalue weighted by molar-refractivity contribution is -0.139. The molecule has 0 aromatic heterocycles. The molecule has 2 amide bonds. The third kappa shape index (κ3) is 7.49. The molecule has 7 nitrogen and oxygen atoms in total. The molecule has 0 fully saturated rings. The van der Waals surface area contributed by atoms with Crippen LogP contribution < -0.4 is 15.4 Å². The van der Waals surface area contributed by atoms with Crippen LogP contribution in [-0.4, -0.2) is 36.0 Å². The maximum atomic E-state index is 12.1. The van der Waals surface area contributed by atoms with E-state index in [0.717, 1.165) is 11.1 Å². The van der Waals surface area contributed by atoms with Crippen molar-refractivity contribution >= 4 is 17.8 Å². The van der Waals surface area contributed by atoms with Crippen LogP contribution in [-0.2, 0) is 20.8 Å². The summed E-state index contributed by atoms with van der Waals surface area (Å²) in [5, 5.41) is 14.2. The van der Waals surface area contributed by atoms with Crippen molar-refractivity contribution in [2.24, 2.45) is 0 Å². The second-order valence-corrected chi connectivity index (χ2v) is 6.30. The molecular formula is C21H24N2O5. The number of carboxylic acid groups (broad SMARTS) is 1. The molecule has 0 aliphatic rings. The van der Waals surface area contributed by atoms with Crippen molar-refractivity contribution in [2.45, 2.75) is 25.8 Å². The summed E-state index contributed by atoms with van der Waals surface area (Å²) >= 11 is 0. The van der Waals surface area contributed by atoms with Crippen LogP contribution in [0.5, 0.6) is 5.75 Å². The third-order valence-electron chi connectivity index (χ3n) is 4.00. The molecule has 2 aromatic carbocycles. The first-order valence-electron chi connectivity index (χ1n) is 8.98. The van der Waals surface area contributed by atoms with Crippen molar-refractivity contribution in [2.75, 3.05) is 13.2 Å². The molecule has 3 N–H and O–H groups in total. The van der Waals surface area contributed by atoms with Crippen molar-refractivity contribution in [3.8, 4) is 5.75 Å². The minimum Gasteiger partial charge on any atom is -0.482 e. The summed E-state index contributed by atoms with van der Waals surface area (Å²) in [4.78, 5) is 34.4. The molecule has 2 aromatic rings. The number of hydrogen-bond donors (Lipinski definition) is 3. The van der Waals surface area contributed by atoms with E-state index >= 15 is 0 Å². The van der Waals surface area contributed by atoms with E-state index in [1.54, 1.807) is 24.3 Å². The third-order valence-corrected chi connectivity index (χ3v) is 4.00. The maximum absolute atomic E-state index is 12.1. The van der Waals surface area contributed by atoms with Gasteiger partial charge in [-0.15, -0.1) is 0 Å². The number of hydrogen-bond acceptors (Lipinski definition) is 4. The second-order valence-electron chi connectivity index (χ2n) is 6.30. The fourth-order valence-electron chi connectivity index (χ4n) is 2.55. The Morgan fingerprint density at radius 1 is 1.00 bits per heavy atom. The van der Waals surface area contributed by atoms with Gasteiger partial charge in [-0.3, -0.25) is 9.59 Å². The number of ether oxygens (including phenoxy) is 1. The van der Waals surface area contributed by atoms with Crippen molar-refractivity contribution in [1.29, 1.82) is 0 Å². The van der Waals surface area contributed by atoms with E-state index in [4.69, 9.17) is 9.84 Å². The Hall–Kier alpha value is -3.35. The molecule has 0 saturated carbocycles. The molecule has 0 radical (unpaired) electrons. The number of carboxylic acids is 1. The number of carbonyl (C=O) groups excluding carboxylic acids is 2. The standard InChI is InChI=1S/C21H24N2O5/c1-15(17-7-9-18(10-8-17)28-14-21(26)27)23-19(24)11-12-22-20(25)13-16-5-3-2-4-6-16/h2-10,15H,11-14H2,1H3,(H,22,25)(H,23,24)(H,26,27). The van der Waals surface area contributed by atoms with Crippen LogP contribution in [0.25, 0.3) is 0 Å². The quantitative estimate of drug-likeness (QED) is 0.582.